The minimum atomic E-state index is -4.60. The fourth-order valence-corrected chi connectivity index (χ4v) is 0.929. The first-order valence-electron chi connectivity index (χ1n) is 2.29. The monoisotopic (exact) mass is 167 g/mol. The number of halogens is 3. The van der Waals surface area contributed by atoms with Crippen LogP contribution in [0, 0.1) is 6.07 Å². The molecule has 0 unspecified atom stereocenters. The summed E-state index contributed by atoms with van der Waals surface area (Å²) in [6.45, 7) is 0. The number of hydrogen-bond acceptors (Lipinski definition) is 2. The number of alkyl halides is 3. The van der Waals surface area contributed by atoms with Crippen LogP contribution in [0.1, 0.15) is 0 Å². The van der Waals surface area contributed by atoms with Crippen molar-refractivity contribution in [1.29, 1.82) is 0 Å². The Morgan fingerprint density at radius 3 is 2.60 bits per heavy atom. The standard InChI is InChI=1S/C5H2F3OS/c6-5(7,8)9-4-2-1-3-10-4/h1,3H. The van der Waals surface area contributed by atoms with Gasteiger partial charge in [0.25, 0.3) is 0 Å². The molecule has 0 N–H and O–H groups in total. The largest absolute Gasteiger partial charge is 0.573 e. The van der Waals surface area contributed by atoms with Crippen LogP contribution in [-0.4, -0.2) is 6.36 Å². The molecule has 0 spiro atoms. The van der Waals surface area contributed by atoms with Gasteiger partial charge in [-0.2, -0.15) is 0 Å². The average Bonchev–Trinajstić information content (AvgIpc) is 2.12. The van der Waals surface area contributed by atoms with Crippen molar-refractivity contribution in [2.45, 2.75) is 6.36 Å². The minimum absolute atomic E-state index is 0.257. The predicted octanol–water partition coefficient (Wildman–Crippen LogP) is 2.45. The molecule has 0 aliphatic carbocycles. The first-order valence-corrected chi connectivity index (χ1v) is 3.17. The van der Waals surface area contributed by atoms with Crippen LogP contribution in [0.2, 0.25) is 0 Å². The molecule has 0 aliphatic heterocycles. The SMILES string of the molecule is FC(F)(F)Oc1[c]ccs1. The molecule has 0 aliphatic rings. The van der Waals surface area contributed by atoms with Gasteiger partial charge in [0.1, 0.15) is 0 Å². The lowest BCUT2D eigenvalue weighted by atomic mass is 10.7. The van der Waals surface area contributed by atoms with E-state index in [0.717, 1.165) is 11.3 Å². The van der Waals surface area contributed by atoms with Gasteiger partial charge in [-0.25, -0.2) is 0 Å². The summed E-state index contributed by atoms with van der Waals surface area (Å²) >= 11 is 0.852. The second-order valence-electron chi connectivity index (χ2n) is 1.40. The normalized spacial score (nSPS) is 11.5. The summed E-state index contributed by atoms with van der Waals surface area (Å²) in [5, 5.41) is 1.20. The second kappa shape index (κ2) is 2.49. The predicted molar refractivity (Wildman–Crippen MR) is 29.8 cm³/mol. The zero-order valence-corrected chi connectivity index (χ0v) is 5.42. The number of rotatable bonds is 1. The van der Waals surface area contributed by atoms with Gasteiger partial charge < -0.3 is 4.74 Å². The zero-order valence-electron chi connectivity index (χ0n) is 4.61. The maximum absolute atomic E-state index is 11.4. The summed E-state index contributed by atoms with van der Waals surface area (Å²) in [6.07, 6.45) is -4.60. The lowest BCUT2D eigenvalue weighted by Gasteiger charge is -2.04. The zero-order chi connectivity index (χ0) is 7.61. The van der Waals surface area contributed by atoms with Gasteiger partial charge in [-0.05, 0) is 11.4 Å². The first kappa shape index (κ1) is 7.40. The van der Waals surface area contributed by atoms with Crippen LogP contribution in [-0.2, 0) is 0 Å². The molecule has 0 amide bonds. The highest BCUT2D eigenvalue weighted by atomic mass is 32.1. The van der Waals surface area contributed by atoms with Crippen molar-refractivity contribution in [2.75, 3.05) is 0 Å². The smallest absolute Gasteiger partial charge is 0.395 e. The molecule has 1 heterocycles. The molecule has 1 radical (unpaired) electrons. The Morgan fingerprint density at radius 2 is 2.20 bits per heavy atom. The van der Waals surface area contributed by atoms with Crippen molar-refractivity contribution in [3.8, 4) is 5.06 Å². The topological polar surface area (TPSA) is 9.23 Å². The van der Waals surface area contributed by atoms with E-state index < -0.39 is 6.36 Å². The summed E-state index contributed by atoms with van der Waals surface area (Å²) in [4.78, 5) is 0. The van der Waals surface area contributed by atoms with Gasteiger partial charge in [-0.3, -0.25) is 0 Å². The van der Waals surface area contributed by atoms with Crippen LogP contribution in [0.15, 0.2) is 11.4 Å². The Morgan fingerprint density at radius 1 is 1.50 bits per heavy atom. The molecule has 0 bridgehead atoms. The number of hydrogen-bond donors (Lipinski definition) is 0. The van der Waals surface area contributed by atoms with Gasteiger partial charge in [0.05, 0.1) is 0 Å². The Balaban J connectivity index is 2.57. The van der Waals surface area contributed by atoms with Crippen LogP contribution >= 0.6 is 11.3 Å². The van der Waals surface area contributed by atoms with E-state index in [2.05, 4.69) is 10.8 Å². The molecule has 0 saturated carbocycles. The van der Waals surface area contributed by atoms with Gasteiger partial charge in [0.2, 0.25) is 0 Å². The van der Waals surface area contributed by atoms with Gasteiger partial charge >= 0.3 is 6.36 Å². The van der Waals surface area contributed by atoms with E-state index >= 15 is 0 Å². The van der Waals surface area contributed by atoms with Crippen molar-refractivity contribution in [3.63, 3.8) is 0 Å². The molecular weight excluding hydrogens is 165 g/mol. The molecule has 0 atom stereocenters. The van der Waals surface area contributed by atoms with Crippen molar-refractivity contribution in [2.24, 2.45) is 0 Å². The van der Waals surface area contributed by atoms with Crippen LogP contribution < -0.4 is 4.74 Å². The van der Waals surface area contributed by atoms with Crippen LogP contribution in [0.4, 0.5) is 13.2 Å². The lowest BCUT2D eigenvalue weighted by molar-refractivity contribution is -0.273. The molecule has 1 nitrogen and oxygen atoms in total. The van der Waals surface area contributed by atoms with E-state index in [0.29, 0.717) is 0 Å². The Kier molecular flexibility index (Phi) is 1.85. The average molecular weight is 167 g/mol. The molecule has 0 aromatic carbocycles. The van der Waals surface area contributed by atoms with Crippen LogP contribution in [0.3, 0.4) is 0 Å². The van der Waals surface area contributed by atoms with Crippen molar-refractivity contribution in [3.05, 3.63) is 17.5 Å². The highest BCUT2D eigenvalue weighted by molar-refractivity contribution is 7.11. The summed E-state index contributed by atoms with van der Waals surface area (Å²) in [7, 11) is 0. The molecule has 55 valence electrons. The fraction of sp³-hybridized carbons (Fsp3) is 0.200. The van der Waals surface area contributed by atoms with Gasteiger partial charge in [-0.1, -0.05) is 0 Å². The van der Waals surface area contributed by atoms with Gasteiger partial charge in [0, 0.05) is 6.07 Å². The molecule has 0 fully saturated rings. The molecule has 0 saturated heterocycles. The highest BCUT2D eigenvalue weighted by Gasteiger charge is 2.31. The molecular formula is C5H2F3OS. The summed E-state index contributed by atoms with van der Waals surface area (Å²) < 4.78 is 37.7. The summed E-state index contributed by atoms with van der Waals surface area (Å²) in [6, 6.07) is 3.64. The van der Waals surface area contributed by atoms with E-state index in [9.17, 15) is 13.2 Å². The number of ether oxygens (including phenoxy) is 1. The van der Waals surface area contributed by atoms with E-state index in [1.165, 1.54) is 11.4 Å². The maximum Gasteiger partial charge on any atom is 0.573 e. The first-order chi connectivity index (χ1) is 4.58. The van der Waals surface area contributed by atoms with E-state index in [1.807, 2.05) is 0 Å². The van der Waals surface area contributed by atoms with E-state index in [1.54, 1.807) is 0 Å². The number of thiophene rings is 1. The Labute approximate surface area is 59.0 Å². The Bertz CT molecular complexity index is 191. The quantitative estimate of drug-likeness (QED) is 0.624. The molecule has 1 aromatic rings. The summed E-state index contributed by atoms with van der Waals surface area (Å²) in [5.41, 5.74) is 0. The van der Waals surface area contributed by atoms with Crippen molar-refractivity contribution in [1.82, 2.24) is 0 Å². The van der Waals surface area contributed by atoms with Gasteiger partial charge in [0.15, 0.2) is 5.06 Å². The highest BCUT2D eigenvalue weighted by Crippen LogP contribution is 2.25. The molecule has 10 heavy (non-hydrogen) atoms. The van der Waals surface area contributed by atoms with Crippen molar-refractivity contribution >= 4 is 11.3 Å². The maximum atomic E-state index is 11.4. The molecule has 1 aromatic heterocycles. The van der Waals surface area contributed by atoms with Crippen LogP contribution in [0.25, 0.3) is 0 Å². The third-order valence-electron chi connectivity index (χ3n) is 0.653. The fourth-order valence-electron chi connectivity index (χ4n) is 0.391. The van der Waals surface area contributed by atoms with Crippen molar-refractivity contribution < 1.29 is 17.9 Å². The third-order valence-corrected chi connectivity index (χ3v) is 1.34. The second-order valence-corrected chi connectivity index (χ2v) is 2.28. The van der Waals surface area contributed by atoms with E-state index in [4.69, 9.17) is 0 Å². The molecule has 5 heteroatoms. The minimum Gasteiger partial charge on any atom is -0.395 e. The summed E-state index contributed by atoms with van der Waals surface area (Å²) in [5.74, 6) is 0. The Hall–Kier alpha value is -0.710. The third kappa shape index (κ3) is 2.26. The van der Waals surface area contributed by atoms with Gasteiger partial charge in [-0.15, -0.1) is 24.5 Å². The molecule has 1 rings (SSSR count). The van der Waals surface area contributed by atoms with Crippen LogP contribution in [0.5, 0.6) is 5.06 Å². The van der Waals surface area contributed by atoms with E-state index in [-0.39, 0.29) is 5.06 Å². The lowest BCUT2D eigenvalue weighted by Crippen LogP contribution is -2.16.